The zero-order valence-corrected chi connectivity index (χ0v) is 16.0. The van der Waals surface area contributed by atoms with Crippen molar-refractivity contribution in [3.05, 3.63) is 106 Å². The molecule has 3 aromatic carbocycles. The van der Waals surface area contributed by atoms with E-state index in [1.54, 1.807) is 30.3 Å². The van der Waals surface area contributed by atoms with Crippen LogP contribution < -0.4 is 5.32 Å². The molecule has 4 rings (SSSR count). The van der Waals surface area contributed by atoms with E-state index in [1.807, 2.05) is 0 Å². The van der Waals surface area contributed by atoms with Gasteiger partial charge in [0.2, 0.25) is 5.78 Å². The van der Waals surface area contributed by atoms with E-state index < -0.39 is 23.3 Å². The second kappa shape index (κ2) is 8.33. The molecule has 0 atom stereocenters. The molecule has 0 saturated heterocycles. The Balaban J connectivity index is 1.60. The van der Waals surface area contributed by atoms with Gasteiger partial charge in [0.15, 0.2) is 11.6 Å². The Morgan fingerprint density at radius 2 is 1.65 bits per heavy atom. The first-order valence-corrected chi connectivity index (χ1v) is 9.31. The maximum Gasteiger partial charge on any atom is 0.259 e. The van der Waals surface area contributed by atoms with Crippen molar-refractivity contribution in [3.8, 4) is 11.8 Å². The molecule has 1 amide bonds. The SMILES string of the molecule is O=C1Nc2ccc(C#CCc3ccc(F)cc3)cc2C(=O)C1=Cc1ccc(F)c(F)c1. The average molecular weight is 417 g/mol. The van der Waals surface area contributed by atoms with E-state index in [9.17, 15) is 22.8 Å². The summed E-state index contributed by atoms with van der Waals surface area (Å²) in [5.41, 5.74) is 2.03. The summed E-state index contributed by atoms with van der Waals surface area (Å²) in [4.78, 5) is 25.2. The normalized spacial score (nSPS) is 14.0. The zero-order valence-electron chi connectivity index (χ0n) is 16.0. The van der Waals surface area contributed by atoms with E-state index in [4.69, 9.17) is 0 Å². The van der Waals surface area contributed by atoms with E-state index in [2.05, 4.69) is 17.2 Å². The lowest BCUT2D eigenvalue weighted by molar-refractivity contribution is -0.112. The topological polar surface area (TPSA) is 46.2 Å². The zero-order chi connectivity index (χ0) is 22.0. The van der Waals surface area contributed by atoms with Crippen molar-refractivity contribution in [3.63, 3.8) is 0 Å². The number of nitrogens with one attached hydrogen (secondary N) is 1. The fraction of sp³-hybridized carbons (Fsp3) is 0.0400. The average Bonchev–Trinajstić information content (AvgIpc) is 2.75. The van der Waals surface area contributed by atoms with Crippen molar-refractivity contribution in [2.45, 2.75) is 6.42 Å². The molecule has 0 radical (unpaired) electrons. The molecule has 1 aliphatic heterocycles. The number of fused-ring (bicyclic) bond motifs is 1. The van der Waals surface area contributed by atoms with E-state index in [-0.39, 0.29) is 22.5 Å². The Labute approximate surface area is 176 Å². The molecule has 6 heteroatoms. The van der Waals surface area contributed by atoms with E-state index in [0.29, 0.717) is 17.7 Å². The number of halogens is 3. The van der Waals surface area contributed by atoms with Crippen LogP contribution in [0.5, 0.6) is 0 Å². The lowest BCUT2D eigenvalue weighted by Crippen LogP contribution is -2.27. The summed E-state index contributed by atoms with van der Waals surface area (Å²) in [6, 6.07) is 13.9. The fourth-order valence-electron chi connectivity index (χ4n) is 3.11. The predicted octanol–water partition coefficient (Wildman–Crippen LogP) is 4.92. The van der Waals surface area contributed by atoms with Gasteiger partial charge in [0.1, 0.15) is 5.82 Å². The number of amides is 1. The third-order valence-electron chi connectivity index (χ3n) is 4.69. The van der Waals surface area contributed by atoms with Crippen LogP contribution in [0.1, 0.15) is 27.0 Å². The fourth-order valence-corrected chi connectivity index (χ4v) is 3.11. The highest BCUT2D eigenvalue weighted by Gasteiger charge is 2.28. The van der Waals surface area contributed by atoms with E-state index in [1.165, 1.54) is 24.3 Å². The van der Waals surface area contributed by atoms with Gasteiger partial charge in [0.25, 0.3) is 5.91 Å². The minimum absolute atomic E-state index is 0.185. The van der Waals surface area contributed by atoms with Gasteiger partial charge in [-0.1, -0.05) is 30.0 Å². The molecule has 3 aromatic rings. The Bertz CT molecular complexity index is 1300. The number of carbonyl (C=O) groups excluding carboxylic acids is 2. The Hall–Kier alpha value is -4.11. The molecule has 3 nitrogen and oxygen atoms in total. The van der Waals surface area contributed by atoms with Gasteiger partial charge in [0, 0.05) is 17.5 Å². The summed E-state index contributed by atoms with van der Waals surface area (Å²) < 4.78 is 39.6. The van der Waals surface area contributed by atoms with Gasteiger partial charge in [-0.15, -0.1) is 0 Å². The second-order valence-electron chi connectivity index (χ2n) is 6.88. The van der Waals surface area contributed by atoms with Crippen LogP contribution in [0.2, 0.25) is 0 Å². The van der Waals surface area contributed by atoms with Gasteiger partial charge in [0.05, 0.1) is 11.3 Å². The molecular weight excluding hydrogens is 403 g/mol. The van der Waals surface area contributed by atoms with Crippen LogP contribution in [0.3, 0.4) is 0 Å². The second-order valence-corrected chi connectivity index (χ2v) is 6.88. The lowest BCUT2D eigenvalue weighted by Gasteiger charge is -2.18. The summed E-state index contributed by atoms with van der Waals surface area (Å²) in [7, 11) is 0. The molecule has 1 heterocycles. The first-order chi connectivity index (χ1) is 14.9. The van der Waals surface area contributed by atoms with Crippen LogP contribution in [0.25, 0.3) is 6.08 Å². The molecule has 0 aliphatic carbocycles. The van der Waals surface area contributed by atoms with Gasteiger partial charge >= 0.3 is 0 Å². The molecule has 1 aliphatic rings. The lowest BCUT2D eigenvalue weighted by atomic mass is 9.93. The third-order valence-corrected chi connectivity index (χ3v) is 4.69. The molecule has 0 aromatic heterocycles. The molecule has 0 saturated carbocycles. The maximum absolute atomic E-state index is 13.5. The number of ketones is 1. The maximum atomic E-state index is 13.5. The van der Waals surface area contributed by atoms with Gasteiger partial charge < -0.3 is 5.32 Å². The van der Waals surface area contributed by atoms with E-state index >= 15 is 0 Å². The number of Topliss-reactive ketones (excluding diaryl/α,β-unsaturated/α-hetero) is 1. The number of benzene rings is 3. The molecule has 0 spiro atoms. The van der Waals surface area contributed by atoms with Crippen molar-refractivity contribution in [1.29, 1.82) is 0 Å². The largest absolute Gasteiger partial charge is 0.321 e. The van der Waals surface area contributed by atoms with Crippen molar-refractivity contribution >= 4 is 23.5 Å². The Morgan fingerprint density at radius 3 is 2.39 bits per heavy atom. The number of carbonyl (C=O) groups is 2. The van der Waals surface area contributed by atoms with Crippen molar-refractivity contribution in [1.82, 2.24) is 0 Å². The standard InChI is InChI=1S/C25H14F3NO2/c26-18-8-4-15(5-9-18)2-1-3-16-7-11-23-19(12-16)24(30)20(25(31)29-23)13-17-6-10-21(27)22(28)14-17/h4-14H,2H2,(H,29,31). The first kappa shape index (κ1) is 20.2. The molecule has 0 bridgehead atoms. The van der Waals surface area contributed by atoms with Crippen LogP contribution in [-0.2, 0) is 11.2 Å². The highest BCUT2D eigenvalue weighted by atomic mass is 19.2. The Kier molecular flexibility index (Phi) is 5.42. The van der Waals surface area contributed by atoms with E-state index in [0.717, 1.165) is 17.7 Å². The first-order valence-electron chi connectivity index (χ1n) is 9.31. The van der Waals surface area contributed by atoms with Gasteiger partial charge in [-0.3, -0.25) is 9.59 Å². The highest BCUT2D eigenvalue weighted by Crippen LogP contribution is 2.27. The number of rotatable bonds is 2. The molecule has 0 unspecified atom stereocenters. The summed E-state index contributed by atoms with van der Waals surface area (Å²) in [6.45, 7) is 0. The molecule has 1 N–H and O–H groups in total. The number of hydrogen-bond acceptors (Lipinski definition) is 2. The number of hydrogen-bond donors (Lipinski definition) is 1. The molecule has 31 heavy (non-hydrogen) atoms. The van der Waals surface area contributed by atoms with Crippen LogP contribution >= 0.6 is 0 Å². The molecular formula is C25H14F3NO2. The molecule has 0 fully saturated rings. The quantitative estimate of drug-likeness (QED) is 0.366. The minimum Gasteiger partial charge on any atom is -0.321 e. The molecule has 152 valence electrons. The van der Waals surface area contributed by atoms with Crippen LogP contribution in [0.4, 0.5) is 18.9 Å². The van der Waals surface area contributed by atoms with Gasteiger partial charge in [-0.2, -0.15) is 0 Å². The van der Waals surface area contributed by atoms with Crippen LogP contribution in [-0.4, -0.2) is 11.7 Å². The highest BCUT2D eigenvalue weighted by molar-refractivity contribution is 6.36. The van der Waals surface area contributed by atoms with Crippen molar-refractivity contribution < 1.29 is 22.8 Å². The van der Waals surface area contributed by atoms with Gasteiger partial charge in [-0.05, 0) is 59.7 Å². The summed E-state index contributed by atoms with van der Waals surface area (Å²) >= 11 is 0. The third kappa shape index (κ3) is 4.41. The summed E-state index contributed by atoms with van der Waals surface area (Å²) in [5, 5.41) is 2.62. The van der Waals surface area contributed by atoms with Crippen molar-refractivity contribution in [2.75, 3.05) is 5.32 Å². The number of anilines is 1. The summed E-state index contributed by atoms with van der Waals surface area (Å²) in [6.07, 6.45) is 1.62. The predicted molar refractivity (Wildman–Crippen MR) is 111 cm³/mol. The summed E-state index contributed by atoms with van der Waals surface area (Å²) in [5.74, 6) is 2.34. The Morgan fingerprint density at radius 1 is 0.871 bits per heavy atom. The smallest absolute Gasteiger partial charge is 0.259 e. The minimum atomic E-state index is -1.07. The van der Waals surface area contributed by atoms with Crippen LogP contribution in [0.15, 0.2) is 66.2 Å². The van der Waals surface area contributed by atoms with Gasteiger partial charge in [-0.25, -0.2) is 13.2 Å². The van der Waals surface area contributed by atoms with Crippen LogP contribution in [0, 0.1) is 29.3 Å². The monoisotopic (exact) mass is 417 g/mol. The van der Waals surface area contributed by atoms with Crippen molar-refractivity contribution in [2.24, 2.45) is 0 Å².